The smallest absolute Gasteiger partial charge is 0.431 e. The van der Waals surface area contributed by atoms with Crippen LogP contribution in [0.2, 0.25) is 0 Å². The lowest BCUT2D eigenvalue weighted by atomic mass is 10.0. The number of para-hydroxylation sites is 1. The first-order chi connectivity index (χ1) is 8.80. The molecule has 1 aromatic heterocycles. The first-order valence-electron chi connectivity index (χ1n) is 5.46. The normalized spacial score (nSPS) is 13.7. The third-order valence-corrected chi connectivity index (χ3v) is 2.84. The summed E-state index contributed by atoms with van der Waals surface area (Å²) in [4.78, 5) is 13.0. The maximum absolute atomic E-state index is 12.9. The summed E-state index contributed by atoms with van der Waals surface area (Å²) in [5.74, 6) is -1.33. The van der Waals surface area contributed by atoms with Crippen LogP contribution in [0, 0.1) is 0 Å². The van der Waals surface area contributed by atoms with Gasteiger partial charge in [0.1, 0.15) is 11.7 Å². The Balaban J connectivity index is 2.58. The van der Waals surface area contributed by atoms with Crippen LogP contribution in [0.3, 0.4) is 0 Å². The van der Waals surface area contributed by atoms with E-state index in [1.807, 2.05) is 0 Å². The van der Waals surface area contributed by atoms with Gasteiger partial charge >= 0.3 is 12.1 Å². The van der Waals surface area contributed by atoms with Gasteiger partial charge in [0.05, 0.1) is 0 Å². The highest BCUT2D eigenvalue weighted by Crippen LogP contribution is 2.35. The van der Waals surface area contributed by atoms with E-state index in [2.05, 4.69) is 4.98 Å². The molecule has 19 heavy (non-hydrogen) atoms. The number of aromatic nitrogens is 1. The van der Waals surface area contributed by atoms with Gasteiger partial charge in [-0.1, -0.05) is 18.2 Å². The zero-order valence-corrected chi connectivity index (χ0v) is 9.66. The van der Waals surface area contributed by atoms with Crippen LogP contribution in [0.1, 0.15) is 11.3 Å². The largest absolute Gasteiger partial charge is 0.480 e. The van der Waals surface area contributed by atoms with Gasteiger partial charge in [-0.2, -0.15) is 13.2 Å². The standard InChI is InChI=1S/C12H11F3N2O2/c13-12(14,15)10-7(5-8(16)11(18)19)6-3-1-2-4-9(6)17-10/h1-4,8,17H,5,16H2,(H,18,19). The molecule has 4 nitrogen and oxygen atoms in total. The number of halogens is 3. The molecular formula is C12H11F3N2O2. The lowest BCUT2D eigenvalue weighted by molar-refractivity contribution is -0.142. The van der Waals surface area contributed by atoms with Crippen LogP contribution in [0.25, 0.3) is 10.9 Å². The van der Waals surface area contributed by atoms with Crippen molar-refractivity contribution in [1.29, 1.82) is 0 Å². The maximum atomic E-state index is 12.9. The number of fused-ring (bicyclic) bond motifs is 1. The Morgan fingerprint density at radius 1 is 1.37 bits per heavy atom. The van der Waals surface area contributed by atoms with Crippen molar-refractivity contribution in [2.75, 3.05) is 0 Å². The fraction of sp³-hybridized carbons (Fsp3) is 0.250. The number of carboxylic acids is 1. The van der Waals surface area contributed by atoms with E-state index >= 15 is 0 Å². The molecule has 0 spiro atoms. The number of aliphatic carboxylic acids is 1. The summed E-state index contributed by atoms with van der Waals surface area (Å²) in [7, 11) is 0. The van der Waals surface area contributed by atoms with Crippen LogP contribution >= 0.6 is 0 Å². The van der Waals surface area contributed by atoms with Crippen LogP contribution < -0.4 is 5.73 Å². The van der Waals surface area contributed by atoms with Crippen LogP contribution in [0.4, 0.5) is 13.2 Å². The SMILES string of the molecule is NC(Cc1c(C(F)(F)F)[nH]c2ccccc12)C(=O)O. The molecule has 0 aliphatic carbocycles. The van der Waals surface area contributed by atoms with Gasteiger partial charge in [-0.25, -0.2) is 0 Å². The molecule has 1 aromatic carbocycles. The van der Waals surface area contributed by atoms with Gasteiger partial charge in [-0.3, -0.25) is 4.79 Å². The van der Waals surface area contributed by atoms with Crippen molar-refractivity contribution < 1.29 is 23.1 Å². The number of benzene rings is 1. The number of alkyl halides is 3. The highest BCUT2D eigenvalue weighted by molar-refractivity contribution is 5.86. The Labute approximate surface area is 106 Å². The molecule has 0 amide bonds. The van der Waals surface area contributed by atoms with Crippen molar-refractivity contribution in [1.82, 2.24) is 4.98 Å². The molecule has 1 unspecified atom stereocenters. The van der Waals surface area contributed by atoms with Gasteiger partial charge in [0.25, 0.3) is 0 Å². The van der Waals surface area contributed by atoms with Crippen LogP contribution in [0.15, 0.2) is 24.3 Å². The van der Waals surface area contributed by atoms with Crippen LogP contribution in [-0.4, -0.2) is 22.1 Å². The highest BCUT2D eigenvalue weighted by Gasteiger charge is 2.37. The molecule has 0 bridgehead atoms. The van der Waals surface area contributed by atoms with E-state index in [0.29, 0.717) is 10.9 Å². The number of aromatic amines is 1. The topological polar surface area (TPSA) is 79.1 Å². The Kier molecular flexibility index (Phi) is 3.23. The number of hydrogen-bond donors (Lipinski definition) is 3. The lowest BCUT2D eigenvalue weighted by Gasteiger charge is -2.10. The van der Waals surface area contributed by atoms with Gasteiger partial charge in [0.2, 0.25) is 0 Å². The molecule has 0 radical (unpaired) electrons. The number of nitrogens with one attached hydrogen (secondary N) is 1. The second-order valence-corrected chi connectivity index (χ2v) is 4.17. The van der Waals surface area contributed by atoms with Gasteiger partial charge in [0, 0.05) is 17.3 Å². The molecule has 2 rings (SSSR count). The summed E-state index contributed by atoms with van der Waals surface area (Å²) >= 11 is 0. The van der Waals surface area contributed by atoms with E-state index in [1.54, 1.807) is 12.1 Å². The van der Waals surface area contributed by atoms with Crippen molar-refractivity contribution in [3.05, 3.63) is 35.5 Å². The molecule has 0 aliphatic heterocycles. The minimum Gasteiger partial charge on any atom is -0.480 e. The van der Waals surface area contributed by atoms with E-state index in [9.17, 15) is 18.0 Å². The number of rotatable bonds is 3. The van der Waals surface area contributed by atoms with Crippen molar-refractivity contribution in [3.8, 4) is 0 Å². The molecule has 1 heterocycles. The van der Waals surface area contributed by atoms with E-state index in [-0.39, 0.29) is 12.0 Å². The lowest BCUT2D eigenvalue weighted by Crippen LogP contribution is -2.32. The first-order valence-corrected chi connectivity index (χ1v) is 5.46. The quantitative estimate of drug-likeness (QED) is 0.801. The minimum atomic E-state index is -4.58. The molecule has 1 atom stereocenters. The van der Waals surface area contributed by atoms with Crippen molar-refractivity contribution in [2.24, 2.45) is 5.73 Å². The van der Waals surface area contributed by atoms with Crippen molar-refractivity contribution in [3.63, 3.8) is 0 Å². The Morgan fingerprint density at radius 2 is 2.00 bits per heavy atom. The average molecular weight is 272 g/mol. The summed E-state index contributed by atoms with van der Waals surface area (Å²) < 4.78 is 38.8. The van der Waals surface area contributed by atoms with Crippen LogP contribution in [-0.2, 0) is 17.4 Å². The fourth-order valence-electron chi connectivity index (χ4n) is 1.96. The zero-order chi connectivity index (χ0) is 14.2. The van der Waals surface area contributed by atoms with Gasteiger partial charge < -0.3 is 15.8 Å². The summed E-state index contributed by atoms with van der Waals surface area (Å²) in [5.41, 5.74) is 4.59. The summed E-state index contributed by atoms with van der Waals surface area (Å²) in [6.45, 7) is 0. The first kappa shape index (κ1) is 13.4. The molecule has 4 N–H and O–H groups in total. The molecular weight excluding hydrogens is 261 g/mol. The second-order valence-electron chi connectivity index (χ2n) is 4.17. The molecule has 0 fully saturated rings. The Bertz CT molecular complexity index is 619. The van der Waals surface area contributed by atoms with Gasteiger partial charge in [-0.15, -0.1) is 0 Å². The van der Waals surface area contributed by atoms with E-state index < -0.39 is 23.9 Å². The highest BCUT2D eigenvalue weighted by atomic mass is 19.4. The van der Waals surface area contributed by atoms with E-state index in [0.717, 1.165) is 0 Å². The average Bonchev–Trinajstić information content (AvgIpc) is 2.68. The van der Waals surface area contributed by atoms with Gasteiger partial charge in [-0.05, 0) is 11.6 Å². The predicted molar refractivity (Wildman–Crippen MR) is 62.6 cm³/mol. The molecule has 0 aliphatic rings. The summed E-state index contributed by atoms with van der Waals surface area (Å²) in [6, 6.07) is 4.82. The maximum Gasteiger partial charge on any atom is 0.431 e. The fourth-order valence-corrected chi connectivity index (χ4v) is 1.96. The van der Waals surface area contributed by atoms with E-state index in [1.165, 1.54) is 12.1 Å². The third-order valence-electron chi connectivity index (χ3n) is 2.84. The molecule has 0 saturated carbocycles. The van der Waals surface area contributed by atoms with Gasteiger partial charge in [0.15, 0.2) is 0 Å². The number of carbonyl (C=O) groups is 1. The summed E-state index contributed by atoms with van der Waals surface area (Å²) in [6.07, 6.45) is -4.96. The van der Waals surface area contributed by atoms with Crippen molar-refractivity contribution >= 4 is 16.9 Å². The van der Waals surface area contributed by atoms with E-state index in [4.69, 9.17) is 10.8 Å². The molecule has 7 heteroatoms. The van der Waals surface area contributed by atoms with Crippen LogP contribution in [0.5, 0.6) is 0 Å². The Morgan fingerprint density at radius 3 is 2.58 bits per heavy atom. The minimum absolute atomic E-state index is 0.113. The Hall–Kier alpha value is -2.02. The number of H-pyrrole nitrogens is 1. The monoisotopic (exact) mass is 272 g/mol. The zero-order valence-electron chi connectivity index (χ0n) is 9.66. The predicted octanol–water partition coefficient (Wildman–Crippen LogP) is 2.14. The molecule has 2 aromatic rings. The molecule has 102 valence electrons. The number of nitrogens with two attached hydrogens (primary N) is 1. The third kappa shape index (κ3) is 2.55. The van der Waals surface area contributed by atoms with Crippen molar-refractivity contribution in [2.45, 2.75) is 18.6 Å². The molecule has 0 saturated heterocycles. The second kappa shape index (κ2) is 4.58. The summed E-state index contributed by atoms with van der Waals surface area (Å²) in [5, 5.41) is 9.07. The number of carboxylic acid groups (broad SMARTS) is 1. The number of hydrogen-bond acceptors (Lipinski definition) is 2.